The molecular formula is C14H21NO3. The third-order valence-corrected chi connectivity index (χ3v) is 3.03. The molecule has 0 aliphatic rings. The topological polar surface area (TPSA) is 60.8 Å². The van der Waals surface area contributed by atoms with Crippen molar-refractivity contribution in [1.29, 1.82) is 0 Å². The van der Waals surface area contributed by atoms with E-state index in [0.29, 0.717) is 19.4 Å². The van der Waals surface area contributed by atoms with E-state index in [0.717, 1.165) is 5.56 Å². The Bertz CT molecular complexity index is 392. The van der Waals surface area contributed by atoms with Crippen LogP contribution in [0, 0.1) is 0 Å². The van der Waals surface area contributed by atoms with Crippen LogP contribution in [0.4, 0.5) is 0 Å². The highest BCUT2D eigenvalue weighted by atomic mass is 16.3. The van der Waals surface area contributed by atoms with Crippen LogP contribution in [0.3, 0.4) is 0 Å². The van der Waals surface area contributed by atoms with Gasteiger partial charge in [0.25, 0.3) is 0 Å². The number of aromatic hydroxyl groups is 1. The first kappa shape index (κ1) is 14.5. The van der Waals surface area contributed by atoms with Crippen molar-refractivity contribution in [3.63, 3.8) is 0 Å². The predicted molar refractivity (Wildman–Crippen MR) is 70.2 cm³/mol. The molecule has 0 fully saturated rings. The normalized spacial score (nSPS) is 12.2. The zero-order valence-corrected chi connectivity index (χ0v) is 11.0. The van der Waals surface area contributed by atoms with Crippen LogP contribution >= 0.6 is 0 Å². The number of nitrogens with zero attached hydrogens (tertiary/aromatic N) is 1. The smallest absolute Gasteiger partial charge is 0.223 e. The second-order valence-electron chi connectivity index (χ2n) is 4.28. The molecule has 0 bridgehead atoms. The lowest BCUT2D eigenvalue weighted by Gasteiger charge is -2.28. The number of hydrogen-bond acceptors (Lipinski definition) is 3. The Morgan fingerprint density at radius 1 is 1.44 bits per heavy atom. The third kappa shape index (κ3) is 3.74. The lowest BCUT2D eigenvalue weighted by molar-refractivity contribution is -0.133. The lowest BCUT2D eigenvalue weighted by Crippen LogP contribution is -2.33. The SMILES string of the molecule is CCN(C(=O)CCCO)C(C)c1cccc(O)c1. The van der Waals surface area contributed by atoms with Gasteiger partial charge in [0.2, 0.25) is 5.91 Å². The minimum absolute atomic E-state index is 0.0300. The molecule has 2 N–H and O–H groups in total. The number of hydrogen-bond donors (Lipinski definition) is 2. The first-order valence-electron chi connectivity index (χ1n) is 6.29. The van der Waals surface area contributed by atoms with E-state index >= 15 is 0 Å². The van der Waals surface area contributed by atoms with E-state index < -0.39 is 0 Å². The second-order valence-corrected chi connectivity index (χ2v) is 4.28. The Labute approximate surface area is 108 Å². The molecule has 0 saturated heterocycles. The molecule has 0 aromatic heterocycles. The van der Waals surface area contributed by atoms with Crippen LogP contribution in [0.15, 0.2) is 24.3 Å². The molecule has 1 aromatic carbocycles. The molecule has 0 radical (unpaired) electrons. The first-order chi connectivity index (χ1) is 8.60. The number of phenols is 1. The van der Waals surface area contributed by atoms with Gasteiger partial charge in [-0.2, -0.15) is 0 Å². The number of rotatable bonds is 6. The third-order valence-electron chi connectivity index (χ3n) is 3.03. The van der Waals surface area contributed by atoms with Crippen molar-refractivity contribution in [2.24, 2.45) is 0 Å². The summed E-state index contributed by atoms with van der Waals surface area (Å²) in [6, 6.07) is 6.88. The number of phenolic OH excluding ortho intramolecular Hbond substituents is 1. The van der Waals surface area contributed by atoms with Gasteiger partial charge in [0.15, 0.2) is 0 Å². The summed E-state index contributed by atoms with van der Waals surface area (Å²) in [5.41, 5.74) is 0.911. The van der Waals surface area contributed by atoms with Crippen molar-refractivity contribution in [2.75, 3.05) is 13.2 Å². The van der Waals surface area contributed by atoms with Gasteiger partial charge in [0.05, 0.1) is 6.04 Å². The summed E-state index contributed by atoms with van der Waals surface area (Å²) in [5.74, 6) is 0.237. The molecule has 0 aliphatic heterocycles. The molecule has 0 saturated carbocycles. The molecular weight excluding hydrogens is 230 g/mol. The van der Waals surface area contributed by atoms with Gasteiger partial charge in [-0.25, -0.2) is 0 Å². The van der Waals surface area contributed by atoms with Gasteiger partial charge in [0, 0.05) is 19.6 Å². The van der Waals surface area contributed by atoms with E-state index in [9.17, 15) is 9.90 Å². The number of carbonyl (C=O) groups excluding carboxylic acids is 1. The highest BCUT2D eigenvalue weighted by Gasteiger charge is 2.19. The largest absolute Gasteiger partial charge is 0.508 e. The van der Waals surface area contributed by atoms with Crippen LogP contribution in [-0.4, -0.2) is 34.2 Å². The molecule has 4 heteroatoms. The molecule has 1 unspecified atom stereocenters. The summed E-state index contributed by atoms with van der Waals surface area (Å²) in [6.07, 6.45) is 0.843. The summed E-state index contributed by atoms with van der Waals surface area (Å²) in [4.78, 5) is 13.7. The molecule has 0 spiro atoms. The van der Waals surface area contributed by atoms with E-state index in [1.807, 2.05) is 19.9 Å². The standard InChI is InChI=1S/C14H21NO3/c1-3-15(14(18)8-5-9-16)11(2)12-6-4-7-13(17)10-12/h4,6-7,10-11,16-17H,3,5,8-9H2,1-2H3. The zero-order valence-electron chi connectivity index (χ0n) is 11.0. The van der Waals surface area contributed by atoms with Crippen LogP contribution in [0.5, 0.6) is 5.75 Å². The van der Waals surface area contributed by atoms with E-state index in [2.05, 4.69) is 0 Å². The minimum Gasteiger partial charge on any atom is -0.508 e. The Morgan fingerprint density at radius 2 is 2.17 bits per heavy atom. The average molecular weight is 251 g/mol. The number of amides is 1. The summed E-state index contributed by atoms with van der Waals surface area (Å²) >= 11 is 0. The molecule has 0 heterocycles. The van der Waals surface area contributed by atoms with Crippen molar-refractivity contribution < 1.29 is 15.0 Å². The Morgan fingerprint density at radius 3 is 2.72 bits per heavy atom. The van der Waals surface area contributed by atoms with Crippen LogP contribution in [-0.2, 0) is 4.79 Å². The molecule has 4 nitrogen and oxygen atoms in total. The second kappa shape index (κ2) is 7.01. The van der Waals surface area contributed by atoms with Crippen molar-refractivity contribution >= 4 is 5.91 Å². The van der Waals surface area contributed by atoms with E-state index in [-0.39, 0.29) is 24.3 Å². The number of aliphatic hydroxyl groups is 1. The maximum absolute atomic E-state index is 12.0. The molecule has 1 amide bonds. The van der Waals surface area contributed by atoms with Crippen LogP contribution < -0.4 is 0 Å². The molecule has 18 heavy (non-hydrogen) atoms. The molecule has 1 atom stereocenters. The van der Waals surface area contributed by atoms with Gasteiger partial charge in [0.1, 0.15) is 5.75 Å². The van der Waals surface area contributed by atoms with E-state index in [1.165, 1.54) is 0 Å². The molecule has 1 rings (SSSR count). The first-order valence-corrected chi connectivity index (χ1v) is 6.29. The lowest BCUT2D eigenvalue weighted by atomic mass is 10.1. The number of benzene rings is 1. The average Bonchev–Trinajstić information content (AvgIpc) is 2.37. The predicted octanol–water partition coefficient (Wildman–Crippen LogP) is 2.07. The highest BCUT2D eigenvalue weighted by Crippen LogP contribution is 2.23. The van der Waals surface area contributed by atoms with Gasteiger partial charge in [-0.05, 0) is 38.0 Å². The fourth-order valence-electron chi connectivity index (χ4n) is 2.00. The fourth-order valence-corrected chi connectivity index (χ4v) is 2.00. The Balaban J connectivity index is 2.78. The van der Waals surface area contributed by atoms with Crippen molar-refractivity contribution in [1.82, 2.24) is 4.90 Å². The molecule has 1 aromatic rings. The van der Waals surface area contributed by atoms with Crippen molar-refractivity contribution in [3.05, 3.63) is 29.8 Å². The van der Waals surface area contributed by atoms with Crippen molar-refractivity contribution in [3.8, 4) is 5.75 Å². The fraction of sp³-hybridized carbons (Fsp3) is 0.500. The summed E-state index contributed by atoms with van der Waals surface area (Å²) < 4.78 is 0. The van der Waals surface area contributed by atoms with Crippen LogP contribution in [0.1, 0.15) is 38.3 Å². The number of carbonyl (C=O) groups is 1. The van der Waals surface area contributed by atoms with Crippen LogP contribution in [0.2, 0.25) is 0 Å². The van der Waals surface area contributed by atoms with Crippen molar-refractivity contribution in [2.45, 2.75) is 32.7 Å². The molecule has 0 aliphatic carbocycles. The van der Waals surface area contributed by atoms with Gasteiger partial charge >= 0.3 is 0 Å². The van der Waals surface area contributed by atoms with Crippen LogP contribution in [0.25, 0.3) is 0 Å². The van der Waals surface area contributed by atoms with E-state index in [1.54, 1.807) is 23.1 Å². The highest BCUT2D eigenvalue weighted by molar-refractivity contribution is 5.76. The van der Waals surface area contributed by atoms with E-state index in [4.69, 9.17) is 5.11 Å². The van der Waals surface area contributed by atoms with Gasteiger partial charge in [-0.3, -0.25) is 4.79 Å². The van der Waals surface area contributed by atoms with Gasteiger partial charge in [-0.15, -0.1) is 0 Å². The monoisotopic (exact) mass is 251 g/mol. The quantitative estimate of drug-likeness (QED) is 0.813. The molecule has 100 valence electrons. The maximum atomic E-state index is 12.0. The zero-order chi connectivity index (χ0) is 13.5. The maximum Gasteiger partial charge on any atom is 0.223 e. The van der Waals surface area contributed by atoms with Gasteiger partial charge < -0.3 is 15.1 Å². The summed E-state index contributed by atoms with van der Waals surface area (Å²) in [5, 5.41) is 18.2. The summed E-state index contributed by atoms with van der Waals surface area (Å²) in [7, 11) is 0. The Kier molecular flexibility index (Phi) is 5.65. The van der Waals surface area contributed by atoms with Gasteiger partial charge in [-0.1, -0.05) is 12.1 Å². The summed E-state index contributed by atoms with van der Waals surface area (Å²) in [6.45, 7) is 4.51. The minimum atomic E-state index is -0.0757. The Hall–Kier alpha value is -1.55. The number of aliphatic hydroxyl groups excluding tert-OH is 1.